The zero-order valence-corrected chi connectivity index (χ0v) is 13.5. The Morgan fingerprint density at radius 3 is 2.48 bits per heavy atom. The molecule has 3 rings (SSSR count). The van der Waals surface area contributed by atoms with Crippen LogP contribution in [0, 0.1) is 5.82 Å². The molecule has 0 aliphatic carbocycles. The van der Waals surface area contributed by atoms with Crippen LogP contribution in [0.2, 0.25) is 0 Å². The molecule has 0 atom stereocenters. The van der Waals surface area contributed by atoms with Crippen LogP contribution in [0.25, 0.3) is 0 Å². The van der Waals surface area contributed by atoms with E-state index in [-0.39, 0.29) is 5.82 Å². The number of nitrogens with zero attached hydrogens (tertiary/aromatic N) is 1. The Morgan fingerprint density at radius 2 is 1.83 bits per heavy atom. The average molecular weight is 314 g/mol. The molecule has 122 valence electrons. The van der Waals surface area contributed by atoms with E-state index in [9.17, 15) is 4.39 Å². The minimum absolute atomic E-state index is 0.288. The van der Waals surface area contributed by atoms with E-state index in [0.717, 1.165) is 25.4 Å². The highest BCUT2D eigenvalue weighted by Gasteiger charge is 2.17. The summed E-state index contributed by atoms with van der Waals surface area (Å²) in [7, 11) is 2.04. The van der Waals surface area contributed by atoms with Crippen LogP contribution in [0.4, 0.5) is 4.39 Å². The quantitative estimate of drug-likeness (QED) is 0.908. The first-order valence-electron chi connectivity index (χ1n) is 8.15. The third-order valence-corrected chi connectivity index (χ3v) is 4.36. The molecule has 0 amide bonds. The monoisotopic (exact) mass is 314 g/mol. The fourth-order valence-corrected chi connectivity index (χ4v) is 2.97. The lowest BCUT2D eigenvalue weighted by Gasteiger charge is -2.31. The van der Waals surface area contributed by atoms with Gasteiger partial charge >= 0.3 is 0 Å². The summed E-state index contributed by atoms with van der Waals surface area (Å²) in [6.45, 7) is 3.23. The largest absolute Gasteiger partial charge is 0.457 e. The second-order valence-electron chi connectivity index (χ2n) is 6.04. The van der Waals surface area contributed by atoms with Gasteiger partial charge in [-0.2, -0.15) is 0 Å². The van der Waals surface area contributed by atoms with Crippen molar-refractivity contribution >= 4 is 0 Å². The topological polar surface area (TPSA) is 24.5 Å². The van der Waals surface area contributed by atoms with Crippen LogP contribution in [0.15, 0.2) is 48.5 Å². The highest BCUT2D eigenvalue weighted by molar-refractivity contribution is 5.33. The zero-order chi connectivity index (χ0) is 16.1. The van der Waals surface area contributed by atoms with Crippen molar-refractivity contribution in [1.82, 2.24) is 10.2 Å². The first-order valence-corrected chi connectivity index (χ1v) is 8.15. The molecule has 1 heterocycles. The third-order valence-electron chi connectivity index (χ3n) is 4.36. The molecule has 1 fully saturated rings. The summed E-state index contributed by atoms with van der Waals surface area (Å²) < 4.78 is 18.8. The molecule has 0 spiro atoms. The summed E-state index contributed by atoms with van der Waals surface area (Å²) in [5.41, 5.74) is 1.28. The molecule has 1 saturated heterocycles. The molecule has 0 unspecified atom stereocenters. The van der Waals surface area contributed by atoms with Gasteiger partial charge in [0.2, 0.25) is 0 Å². The second kappa shape index (κ2) is 7.57. The highest BCUT2D eigenvalue weighted by atomic mass is 19.1. The second-order valence-corrected chi connectivity index (χ2v) is 6.04. The maximum atomic E-state index is 13.2. The van der Waals surface area contributed by atoms with Gasteiger partial charge in [-0.15, -0.1) is 0 Å². The van der Waals surface area contributed by atoms with Gasteiger partial charge in [-0.3, -0.25) is 4.90 Å². The molecule has 1 N–H and O–H groups in total. The van der Waals surface area contributed by atoms with Crippen LogP contribution in [-0.4, -0.2) is 31.1 Å². The summed E-state index contributed by atoms with van der Waals surface area (Å²) in [5.74, 6) is 0.962. The van der Waals surface area contributed by atoms with Gasteiger partial charge in [0, 0.05) is 18.7 Å². The first-order chi connectivity index (χ1) is 11.2. The SMILES string of the molecule is CNC1CCN(Cc2ccc(Oc3cccc(F)c3)cc2)CC1. The molecule has 1 aliphatic heterocycles. The molecular formula is C19H23FN2O. The Labute approximate surface area is 137 Å². The Hall–Kier alpha value is -1.91. The molecular weight excluding hydrogens is 291 g/mol. The molecule has 0 aromatic heterocycles. The summed E-state index contributed by atoms with van der Waals surface area (Å²) in [6.07, 6.45) is 2.41. The third kappa shape index (κ3) is 4.53. The maximum absolute atomic E-state index is 13.2. The number of halogens is 1. The predicted molar refractivity (Wildman–Crippen MR) is 90.3 cm³/mol. The van der Waals surface area contributed by atoms with E-state index in [1.165, 1.54) is 30.5 Å². The Bertz CT molecular complexity index is 622. The molecule has 23 heavy (non-hydrogen) atoms. The number of rotatable bonds is 5. The van der Waals surface area contributed by atoms with E-state index >= 15 is 0 Å². The Kier molecular flexibility index (Phi) is 5.26. The molecule has 4 heteroatoms. The molecule has 1 aliphatic rings. The lowest BCUT2D eigenvalue weighted by atomic mass is 10.0. The van der Waals surface area contributed by atoms with Crippen molar-refractivity contribution in [2.75, 3.05) is 20.1 Å². The number of piperidine rings is 1. The van der Waals surface area contributed by atoms with Crippen molar-refractivity contribution in [3.63, 3.8) is 0 Å². The minimum atomic E-state index is -0.288. The van der Waals surface area contributed by atoms with Crippen molar-refractivity contribution in [3.8, 4) is 11.5 Å². The van der Waals surface area contributed by atoms with Gasteiger partial charge in [-0.1, -0.05) is 18.2 Å². The smallest absolute Gasteiger partial charge is 0.130 e. The molecule has 3 nitrogen and oxygen atoms in total. The van der Waals surface area contributed by atoms with Gasteiger partial charge in [0.15, 0.2) is 0 Å². The molecule has 0 saturated carbocycles. The van der Waals surface area contributed by atoms with Gasteiger partial charge < -0.3 is 10.1 Å². The van der Waals surface area contributed by atoms with Gasteiger partial charge in [-0.05, 0) is 62.8 Å². The number of nitrogens with one attached hydrogen (secondary N) is 1. The normalized spacial score (nSPS) is 16.4. The summed E-state index contributed by atoms with van der Waals surface area (Å²) in [4.78, 5) is 2.48. The van der Waals surface area contributed by atoms with Crippen LogP contribution in [-0.2, 0) is 6.54 Å². The van der Waals surface area contributed by atoms with E-state index < -0.39 is 0 Å². The van der Waals surface area contributed by atoms with Gasteiger partial charge in [-0.25, -0.2) is 4.39 Å². The van der Waals surface area contributed by atoms with Crippen molar-refractivity contribution in [1.29, 1.82) is 0 Å². The lowest BCUT2D eigenvalue weighted by molar-refractivity contribution is 0.194. The fraction of sp³-hybridized carbons (Fsp3) is 0.368. The van der Waals surface area contributed by atoms with E-state index in [1.807, 2.05) is 19.2 Å². The standard InChI is InChI=1S/C19H23FN2O/c1-21-17-9-11-22(12-10-17)14-15-5-7-18(8-6-15)23-19-4-2-3-16(20)13-19/h2-8,13,17,21H,9-12,14H2,1H3. The Balaban J connectivity index is 1.55. The van der Waals surface area contributed by atoms with E-state index in [2.05, 4.69) is 22.3 Å². The Morgan fingerprint density at radius 1 is 1.09 bits per heavy atom. The lowest BCUT2D eigenvalue weighted by Crippen LogP contribution is -2.40. The summed E-state index contributed by atoms with van der Waals surface area (Å²) >= 11 is 0. The molecule has 2 aromatic rings. The van der Waals surface area contributed by atoms with Gasteiger partial charge in [0.1, 0.15) is 17.3 Å². The maximum Gasteiger partial charge on any atom is 0.130 e. The summed E-state index contributed by atoms with van der Waals surface area (Å²) in [5, 5.41) is 3.35. The zero-order valence-electron chi connectivity index (χ0n) is 13.5. The van der Waals surface area contributed by atoms with Crippen LogP contribution in [0.5, 0.6) is 11.5 Å². The molecule has 0 radical (unpaired) electrons. The van der Waals surface area contributed by atoms with E-state index in [4.69, 9.17) is 4.74 Å². The van der Waals surface area contributed by atoms with Gasteiger partial charge in [0.05, 0.1) is 0 Å². The number of ether oxygens (including phenoxy) is 1. The predicted octanol–water partition coefficient (Wildman–Crippen LogP) is 3.80. The van der Waals surface area contributed by atoms with Crippen LogP contribution >= 0.6 is 0 Å². The number of hydrogen-bond donors (Lipinski definition) is 1. The van der Waals surface area contributed by atoms with Crippen LogP contribution < -0.4 is 10.1 Å². The first kappa shape index (κ1) is 16.0. The average Bonchev–Trinajstić information content (AvgIpc) is 2.57. The number of likely N-dealkylation sites (tertiary alicyclic amines) is 1. The van der Waals surface area contributed by atoms with Crippen molar-refractivity contribution < 1.29 is 9.13 Å². The summed E-state index contributed by atoms with van der Waals surface area (Å²) in [6, 6.07) is 14.9. The molecule has 2 aromatic carbocycles. The fourth-order valence-electron chi connectivity index (χ4n) is 2.97. The van der Waals surface area contributed by atoms with E-state index in [1.54, 1.807) is 12.1 Å². The molecule has 0 bridgehead atoms. The number of hydrogen-bond acceptors (Lipinski definition) is 3. The minimum Gasteiger partial charge on any atom is -0.457 e. The van der Waals surface area contributed by atoms with Crippen LogP contribution in [0.1, 0.15) is 18.4 Å². The van der Waals surface area contributed by atoms with Gasteiger partial charge in [0.25, 0.3) is 0 Å². The van der Waals surface area contributed by atoms with Crippen LogP contribution in [0.3, 0.4) is 0 Å². The highest BCUT2D eigenvalue weighted by Crippen LogP contribution is 2.23. The van der Waals surface area contributed by atoms with Crippen molar-refractivity contribution in [2.24, 2.45) is 0 Å². The number of benzene rings is 2. The van der Waals surface area contributed by atoms with Crippen molar-refractivity contribution in [2.45, 2.75) is 25.4 Å². The van der Waals surface area contributed by atoms with Crippen molar-refractivity contribution in [3.05, 3.63) is 59.9 Å². The van der Waals surface area contributed by atoms with E-state index in [0.29, 0.717) is 11.8 Å².